The predicted molar refractivity (Wildman–Crippen MR) is 121 cm³/mol. The molecule has 4 rings (SSSR count). The van der Waals surface area contributed by atoms with Crippen LogP contribution in [0.1, 0.15) is 57.1 Å². The Morgan fingerprint density at radius 1 is 1.03 bits per heavy atom. The molecule has 2 aromatic carbocycles. The third-order valence-corrected chi connectivity index (χ3v) is 6.47. The summed E-state index contributed by atoms with van der Waals surface area (Å²) in [6.07, 6.45) is 3.54. The van der Waals surface area contributed by atoms with Crippen molar-refractivity contribution in [3.63, 3.8) is 0 Å². The number of aromatic nitrogens is 1. The average molecular weight is 436 g/mol. The van der Waals surface area contributed by atoms with Crippen LogP contribution >= 0.6 is 11.3 Å². The number of hydrogen-bond donors (Lipinski definition) is 1. The number of carbonyl (C=O) groups is 3. The molecule has 0 radical (unpaired) electrons. The Labute approximate surface area is 185 Å². The molecule has 0 unspecified atom stereocenters. The Bertz CT molecular complexity index is 1090. The number of imide groups is 1. The summed E-state index contributed by atoms with van der Waals surface area (Å²) in [6, 6.07) is 11.0. The van der Waals surface area contributed by atoms with Crippen LogP contribution in [0.5, 0.6) is 0 Å². The van der Waals surface area contributed by atoms with Gasteiger partial charge in [-0.05, 0) is 50.1 Å². The van der Waals surface area contributed by atoms with Gasteiger partial charge in [-0.3, -0.25) is 19.3 Å². The molecule has 3 amide bonds. The van der Waals surface area contributed by atoms with Gasteiger partial charge in [0.15, 0.2) is 0 Å². The molecule has 6 nitrogen and oxygen atoms in total. The number of hydrogen-bond acceptors (Lipinski definition) is 5. The van der Waals surface area contributed by atoms with Gasteiger partial charge in [0, 0.05) is 47.1 Å². The Balaban J connectivity index is 1.23. The van der Waals surface area contributed by atoms with Gasteiger partial charge in [-0.25, -0.2) is 4.98 Å². The van der Waals surface area contributed by atoms with E-state index in [0.29, 0.717) is 24.1 Å². The van der Waals surface area contributed by atoms with Gasteiger partial charge in [0.05, 0.1) is 5.01 Å². The lowest BCUT2D eigenvalue weighted by molar-refractivity contribution is -0.121. The van der Waals surface area contributed by atoms with Gasteiger partial charge in [0.25, 0.3) is 11.8 Å². The van der Waals surface area contributed by atoms with Crippen LogP contribution in [0.3, 0.4) is 0 Å². The van der Waals surface area contributed by atoms with E-state index >= 15 is 0 Å². The number of thiazole rings is 1. The summed E-state index contributed by atoms with van der Waals surface area (Å²) in [7, 11) is 0. The van der Waals surface area contributed by atoms with Crippen molar-refractivity contribution in [2.24, 2.45) is 0 Å². The van der Waals surface area contributed by atoms with Crippen molar-refractivity contribution in [3.05, 3.63) is 63.6 Å². The number of rotatable bonds is 9. The summed E-state index contributed by atoms with van der Waals surface area (Å²) in [5.41, 5.74) is 2.15. The first-order valence-electron chi connectivity index (χ1n) is 10.6. The van der Waals surface area contributed by atoms with E-state index in [-0.39, 0.29) is 30.7 Å². The topological polar surface area (TPSA) is 79.4 Å². The molecule has 1 aliphatic heterocycles. The second-order valence-electron chi connectivity index (χ2n) is 7.76. The highest BCUT2D eigenvalue weighted by Gasteiger charge is 2.32. The van der Waals surface area contributed by atoms with Crippen LogP contribution in [0.15, 0.2) is 41.8 Å². The molecule has 3 aromatic rings. The lowest BCUT2D eigenvalue weighted by Gasteiger charge is -2.27. The summed E-state index contributed by atoms with van der Waals surface area (Å²) in [6.45, 7) is 2.85. The Morgan fingerprint density at radius 3 is 2.39 bits per heavy atom. The third-order valence-electron chi connectivity index (χ3n) is 5.45. The quantitative estimate of drug-likeness (QED) is 0.405. The van der Waals surface area contributed by atoms with Gasteiger partial charge < -0.3 is 5.32 Å². The van der Waals surface area contributed by atoms with E-state index < -0.39 is 0 Å². The normalized spacial score (nSPS) is 13.1. The van der Waals surface area contributed by atoms with E-state index in [0.717, 1.165) is 40.7 Å². The maximum absolute atomic E-state index is 12.9. The highest BCUT2D eigenvalue weighted by molar-refractivity contribution is 7.09. The maximum Gasteiger partial charge on any atom is 0.261 e. The van der Waals surface area contributed by atoms with Gasteiger partial charge in [-0.2, -0.15) is 0 Å². The zero-order valence-corrected chi connectivity index (χ0v) is 18.3. The standard InChI is InChI=1S/C24H25N3O3S/c1-16-15-31-21(26-16)12-2-3-13-25-20(28)11-6-14-27-23(29)18-9-4-7-17-8-5-10-19(22(17)18)24(27)30/h4-5,7-10,15H,2-3,6,11-14H2,1H3,(H,25,28). The van der Waals surface area contributed by atoms with Gasteiger partial charge in [-0.1, -0.05) is 24.3 Å². The summed E-state index contributed by atoms with van der Waals surface area (Å²) in [5, 5.41) is 7.72. The largest absolute Gasteiger partial charge is 0.356 e. The van der Waals surface area contributed by atoms with Crippen LogP contribution in [-0.2, 0) is 11.2 Å². The van der Waals surface area contributed by atoms with Gasteiger partial charge >= 0.3 is 0 Å². The minimum atomic E-state index is -0.285. The Morgan fingerprint density at radius 2 is 1.74 bits per heavy atom. The van der Waals surface area contributed by atoms with Crippen LogP contribution in [0.2, 0.25) is 0 Å². The molecule has 31 heavy (non-hydrogen) atoms. The molecule has 0 bridgehead atoms. The molecule has 0 saturated heterocycles. The van der Waals surface area contributed by atoms with Crippen LogP contribution < -0.4 is 5.32 Å². The highest BCUT2D eigenvalue weighted by Crippen LogP contribution is 2.30. The van der Waals surface area contributed by atoms with E-state index in [9.17, 15) is 14.4 Å². The number of aryl methyl sites for hydroxylation is 2. The number of nitrogens with zero attached hydrogens (tertiary/aromatic N) is 2. The fourth-order valence-electron chi connectivity index (χ4n) is 3.92. The second-order valence-corrected chi connectivity index (χ2v) is 8.71. The Hall–Kier alpha value is -3.06. The number of nitrogens with one attached hydrogen (secondary N) is 1. The lowest BCUT2D eigenvalue weighted by atomic mass is 9.94. The summed E-state index contributed by atoms with van der Waals surface area (Å²) < 4.78 is 0. The van der Waals surface area contributed by atoms with E-state index in [1.54, 1.807) is 23.5 Å². The molecule has 1 aliphatic rings. The first-order valence-corrected chi connectivity index (χ1v) is 11.5. The minimum Gasteiger partial charge on any atom is -0.356 e. The van der Waals surface area contributed by atoms with Crippen molar-refractivity contribution in [2.75, 3.05) is 13.1 Å². The summed E-state index contributed by atoms with van der Waals surface area (Å²) >= 11 is 1.67. The smallest absolute Gasteiger partial charge is 0.261 e. The first kappa shape index (κ1) is 21.2. The van der Waals surface area contributed by atoms with E-state index in [2.05, 4.69) is 10.3 Å². The number of amides is 3. The van der Waals surface area contributed by atoms with Crippen LogP contribution in [0.4, 0.5) is 0 Å². The summed E-state index contributed by atoms with van der Waals surface area (Å²) in [5.74, 6) is -0.622. The minimum absolute atomic E-state index is 0.0514. The van der Waals surface area contributed by atoms with Crippen molar-refractivity contribution in [1.82, 2.24) is 15.2 Å². The van der Waals surface area contributed by atoms with Crippen molar-refractivity contribution < 1.29 is 14.4 Å². The van der Waals surface area contributed by atoms with Gasteiger partial charge in [0.1, 0.15) is 0 Å². The number of carbonyl (C=O) groups excluding carboxylic acids is 3. The fraction of sp³-hybridized carbons (Fsp3) is 0.333. The third kappa shape index (κ3) is 4.66. The number of unbranched alkanes of at least 4 members (excludes halogenated alkanes) is 1. The first-order chi connectivity index (χ1) is 15.0. The second kappa shape index (κ2) is 9.39. The predicted octanol–water partition coefficient (Wildman–Crippen LogP) is 4.12. The molecule has 160 valence electrons. The van der Waals surface area contributed by atoms with Crippen LogP contribution in [0.25, 0.3) is 10.8 Å². The molecule has 2 heterocycles. The maximum atomic E-state index is 12.9. The van der Waals surface area contributed by atoms with Crippen molar-refractivity contribution in [2.45, 2.75) is 39.0 Å². The van der Waals surface area contributed by atoms with Crippen molar-refractivity contribution >= 4 is 39.8 Å². The molecule has 0 atom stereocenters. The molecule has 0 aliphatic carbocycles. The zero-order valence-electron chi connectivity index (χ0n) is 17.5. The molecular weight excluding hydrogens is 410 g/mol. The monoisotopic (exact) mass is 435 g/mol. The fourth-order valence-corrected chi connectivity index (χ4v) is 4.73. The van der Waals surface area contributed by atoms with Crippen LogP contribution in [0, 0.1) is 6.92 Å². The van der Waals surface area contributed by atoms with Crippen molar-refractivity contribution in [1.29, 1.82) is 0 Å². The molecule has 7 heteroatoms. The molecule has 1 N–H and O–H groups in total. The zero-order chi connectivity index (χ0) is 21.8. The molecule has 0 saturated carbocycles. The summed E-state index contributed by atoms with van der Waals surface area (Å²) in [4.78, 5) is 43.5. The van der Waals surface area contributed by atoms with Crippen LogP contribution in [-0.4, -0.2) is 40.7 Å². The van der Waals surface area contributed by atoms with Gasteiger partial charge in [-0.15, -0.1) is 11.3 Å². The lowest BCUT2D eigenvalue weighted by Crippen LogP contribution is -2.41. The SMILES string of the molecule is Cc1csc(CCCCNC(=O)CCCN2C(=O)c3cccc4cccc(c34)C2=O)n1. The molecule has 1 aromatic heterocycles. The van der Waals surface area contributed by atoms with Gasteiger partial charge in [0.2, 0.25) is 5.91 Å². The molecule has 0 spiro atoms. The van der Waals surface area contributed by atoms with E-state index in [1.165, 1.54) is 4.90 Å². The van der Waals surface area contributed by atoms with E-state index in [1.807, 2.05) is 36.6 Å². The van der Waals surface area contributed by atoms with Crippen molar-refractivity contribution in [3.8, 4) is 0 Å². The molecule has 0 fully saturated rings. The molecular formula is C24H25N3O3S. The number of benzene rings is 2. The Kier molecular flexibility index (Phi) is 6.42. The van der Waals surface area contributed by atoms with E-state index in [4.69, 9.17) is 0 Å². The highest BCUT2D eigenvalue weighted by atomic mass is 32.1. The average Bonchev–Trinajstić information content (AvgIpc) is 3.19.